The van der Waals surface area contributed by atoms with Crippen LogP contribution in [0.2, 0.25) is 0 Å². The van der Waals surface area contributed by atoms with E-state index < -0.39 is 0 Å². The van der Waals surface area contributed by atoms with Crippen molar-refractivity contribution >= 4 is 0 Å². The molecule has 0 aromatic heterocycles. The maximum atomic E-state index is 9.16. The fourth-order valence-electron chi connectivity index (χ4n) is 2.27. The summed E-state index contributed by atoms with van der Waals surface area (Å²) in [5.74, 6) is 0.206. The van der Waals surface area contributed by atoms with Gasteiger partial charge >= 0.3 is 0 Å². The number of hydrogen-bond acceptors (Lipinski definition) is 3. The molecule has 2 rings (SSSR count). The Bertz CT molecular complexity index is 443. The normalized spacial score (nSPS) is 11.2. The molecule has 0 saturated heterocycles. The van der Waals surface area contributed by atoms with E-state index in [0.29, 0.717) is 6.54 Å². The number of nitrogens with one attached hydrogen (secondary N) is 1. The molecule has 2 aromatic carbocycles. The van der Waals surface area contributed by atoms with Gasteiger partial charge in [0.2, 0.25) is 0 Å². The molecule has 106 valence electrons. The van der Waals surface area contributed by atoms with E-state index in [-0.39, 0.29) is 25.2 Å². The van der Waals surface area contributed by atoms with Crippen molar-refractivity contribution in [2.75, 3.05) is 19.8 Å². The van der Waals surface area contributed by atoms with E-state index in [2.05, 4.69) is 29.6 Å². The zero-order valence-electron chi connectivity index (χ0n) is 11.4. The SMILES string of the molecule is OCC(CO)NCC(c1ccccc1)c1ccccc1. The highest BCUT2D eigenvalue weighted by molar-refractivity contribution is 5.32. The molecule has 3 heteroatoms. The van der Waals surface area contributed by atoms with Gasteiger partial charge in [-0.15, -0.1) is 0 Å². The number of benzene rings is 2. The fraction of sp³-hybridized carbons (Fsp3) is 0.294. The summed E-state index contributed by atoms with van der Waals surface area (Å²) < 4.78 is 0. The van der Waals surface area contributed by atoms with Crippen LogP contribution in [0.15, 0.2) is 60.7 Å². The molecule has 0 aliphatic carbocycles. The van der Waals surface area contributed by atoms with E-state index in [4.69, 9.17) is 10.2 Å². The van der Waals surface area contributed by atoms with Crippen LogP contribution >= 0.6 is 0 Å². The smallest absolute Gasteiger partial charge is 0.0607 e. The molecule has 0 spiro atoms. The van der Waals surface area contributed by atoms with Gasteiger partial charge in [-0.2, -0.15) is 0 Å². The Hall–Kier alpha value is -1.68. The summed E-state index contributed by atoms with van der Waals surface area (Å²) in [6.45, 7) is 0.555. The Morgan fingerprint density at radius 2 is 1.20 bits per heavy atom. The summed E-state index contributed by atoms with van der Waals surface area (Å²) in [7, 11) is 0. The van der Waals surface area contributed by atoms with Gasteiger partial charge in [0.1, 0.15) is 0 Å². The Balaban J connectivity index is 2.17. The molecule has 0 heterocycles. The minimum absolute atomic E-state index is 0.0627. The van der Waals surface area contributed by atoms with E-state index in [0.717, 1.165) is 0 Å². The molecule has 0 aliphatic rings. The first-order chi connectivity index (χ1) is 9.85. The molecule has 0 radical (unpaired) electrons. The standard InChI is InChI=1S/C17H21NO2/c19-12-16(13-20)18-11-17(14-7-3-1-4-8-14)15-9-5-2-6-10-15/h1-10,16-20H,11-13H2. The average Bonchev–Trinajstić information content (AvgIpc) is 2.53. The van der Waals surface area contributed by atoms with Gasteiger partial charge in [-0.1, -0.05) is 60.7 Å². The maximum absolute atomic E-state index is 9.16. The molecule has 0 bridgehead atoms. The van der Waals surface area contributed by atoms with Crippen LogP contribution in [0.3, 0.4) is 0 Å². The quantitative estimate of drug-likeness (QED) is 0.719. The summed E-state index contributed by atoms with van der Waals surface area (Å²) in [6.07, 6.45) is 0. The van der Waals surface area contributed by atoms with Gasteiger partial charge in [0, 0.05) is 12.5 Å². The second-order valence-corrected chi connectivity index (χ2v) is 4.84. The van der Waals surface area contributed by atoms with Crippen LogP contribution in [0.4, 0.5) is 0 Å². The molecule has 3 N–H and O–H groups in total. The van der Waals surface area contributed by atoms with Crippen molar-refractivity contribution in [1.82, 2.24) is 5.32 Å². The third kappa shape index (κ3) is 3.90. The lowest BCUT2D eigenvalue weighted by Crippen LogP contribution is -2.38. The first kappa shape index (κ1) is 14.7. The van der Waals surface area contributed by atoms with E-state index in [9.17, 15) is 0 Å². The predicted molar refractivity (Wildman–Crippen MR) is 80.7 cm³/mol. The van der Waals surface area contributed by atoms with E-state index in [1.807, 2.05) is 36.4 Å². The third-order valence-corrected chi connectivity index (χ3v) is 3.46. The van der Waals surface area contributed by atoms with Gasteiger partial charge in [0.15, 0.2) is 0 Å². The molecule has 20 heavy (non-hydrogen) atoms. The van der Waals surface area contributed by atoms with Gasteiger partial charge in [0.05, 0.1) is 19.3 Å². The number of aliphatic hydroxyl groups is 2. The van der Waals surface area contributed by atoms with Crippen LogP contribution in [0.5, 0.6) is 0 Å². The highest BCUT2D eigenvalue weighted by Gasteiger charge is 2.15. The topological polar surface area (TPSA) is 52.5 Å². The fourth-order valence-corrected chi connectivity index (χ4v) is 2.27. The zero-order valence-corrected chi connectivity index (χ0v) is 11.4. The first-order valence-electron chi connectivity index (χ1n) is 6.90. The van der Waals surface area contributed by atoms with E-state index >= 15 is 0 Å². The van der Waals surface area contributed by atoms with Crippen molar-refractivity contribution < 1.29 is 10.2 Å². The summed E-state index contributed by atoms with van der Waals surface area (Å²) in [5, 5.41) is 21.5. The summed E-state index contributed by atoms with van der Waals surface area (Å²) in [6, 6.07) is 20.3. The van der Waals surface area contributed by atoms with Crippen LogP contribution in [0, 0.1) is 0 Å². The van der Waals surface area contributed by atoms with Gasteiger partial charge in [-0.05, 0) is 11.1 Å². The first-order valence-corrected chi connectivity index (χ1v) is 6.90. The van der Waals surface area contributed by atoms with Crippen molar-refractivity contribution in [3.8, 4) is 0 Å². The molecule has 0 aliphatic heterocycles. The largest absolute Gasteiger partial charge is 0.395 e. The van der Waals surface area contributed by atoms with E-state index in [1.54, 1.807) is 0 Å². The van der Waals surface area contributed by atoms with Crippen LogP contribution in [0.25, 0.3) is 0 Å². The maximum Gasteiger partial charge on any atom is 0.0607 e. The Morgan fingerprint density at radius 3 is 1.60 bits per heavy atom. The van der Waals surface area contributed by atoms with Gasteiger partial charge in [-0.3, -0.25) is 0 Å². The third-order valence-electron chi connectivity index (χ3n) is 3.46. The van der Waals surface area contributed by atoms with E-state index in [1.165, 1.54) is 11.1 Å². The Kier molecular flexibility index (Phi) is 5.74. The van der Waals surface area contributed by atoms with Gasteiger partial charge in [0.25, 0.3) is 0 Å². The number of aliphatic hydroxyl groups excluding tert-OH is 2. The molecular formula is C17H21NO2. The average molecular weight is 271 g/mol. The van der Waals surface area contributed by atoms with Gasteiger partial charge < -0.3 is 15.5 Å². The highest BCUT2D eigenvalue weighted by atomic mass is 16.3. The van der Waals surface area contributed by atoms with Crippen LogP contribution in [-0.2, 0) is 0 Å². The van der Waals surface area contributed by atoms with Crippen molar-refractivity contribution in [1.29, 1.82) is 0 Å². The van der Waals surface area contributed by atoms with Crippen LogP contribution in [-0.4, -0.2) is 36.0 Å². The van der Waals surface area contributed by atoms with Crippen molar-refractivity contribution in [2.45, 2.75) is 12.0 Å². The second-order valence-electron chi connectivity index (χ2n) is 4.84. The molecule has 0 saturated carbocycles. The lowest BCUT2D eigenvalue weighted by molar-refractivity contribution is 0.170. The Labute approximate surface area is 119 Å². The number of hydrogen-bond donors (Lipinski definition) is 3. The molecule has 0 fully saturated rings. The zero-order chi connectivity index (χ0) is 14.2. The summed E-state index contributed by atoms with van der Waals surface area (Å²) >= 11 is 0. The van der Waals surface area contributed by atoms with Crippen molar-refractivity contribution in [2.24, 2.45) is 0 Å². The minimum atomic E-state index is -0.273. The lowest BCUT2D eigenvalue weighted by Gasteiger charge is -2.21. The summed E-state index contributed by atoms with van der Waals surface area (Å²) in [5.41, 5.74) is 2.45. The predicted octanol–water partition coefficient (Wildman–Crippen LogP) is 1.76. The minimum Gasteiger partial charge on any atom is -0.395 e. The van der Waals surface area contributed by atoms with Crippen molar-refractivity contribution in [3.63, 3.8) is 0 Å². The monoisotopic (exact) mass is 271 g/mol. The molecule has 0 amide bonds. The van der Waals surface area contributed by atoms with Crippen LogP contribution in [0.1, 0.15) is 17.0 Å². The molecule has 0 unspecified atom stereocenters. The van der Waals surface area contributed by atoms with Crippen LogP contribution < -0.4 is 5.32 Å². The van der Waals surface area contributed by atoms with Gasteiger partial charge in [-0.25, -0.2) is 0 Å². The molecule has 2 aromatic rings. The molecule has 0 atom stereocenters. The second kappa shape index (κ2) is 7.80. The highest BCUT2D eigenvalue weighted by Crippen LogP contribution is 2.23. The number of rotatable bonds is 7. The summed E-state index contributed by atoms with van der Waals surface area (Å²) in [4.78, 5) is 0. The molecule has 3 nitrogen and oxygen atoms in total. The lowest BCUT2D eigenvalue weighted by atomic mass is 9.91. The molecular weight excluding hydrogens is 250 g/mol. The Morgan fingerprint density at radius 1 is 0.750 bits per heavy atom. The van der Waals surface area contributed by atoms with Crippen molar-refractivity contribution in [3.05, 3.63) is 71.8 Å².